The number of hydrogen-bond donors (Lipinski definition) is 2. The van der Waals surface area contributed by atoms with Gasteiger partial charge in [0.25, 0.3) is 5.91 Å². The molecule has 0 aromatic carbocycles. The summed E-state index contributed by atoms with van der Waals surface area (Å²) in [6.45, 7) is 1.87. The number of aliphatic carboxylic acids is 1. The second-order valence-electron chi connectivity index (χ2n) is 3.03. The Balaban J connectivity index is 2.59. The Labute approximate surface area is 91.1 Å². The van der Waals surface area contributed by atoms with Crippen molar-refractivity contribution < 1.29 is 14.7 Å². The first-order valence-corrected chi connectivity index (χ1v) is 5.51. The zero-order chi connectivity index (χ0) is 11.3. The highest BCUT2D eigenvalue weighted by atomic mass is 32.1. The van der Waals surface area contributed by atoms with Crippen molar-refractivity contribution in [2.24, 2.45) is 0 Å². The van der Waals surface area contributed by atoms with E-state index in [2.05, 4.69) is 10.3 Å². The van der Waals surface area contributed by atoms with Crippen molar-refractivity contribution in [2.45, 2.75) is 25.8 Å². The molecule has 1 amide bonds. The third-order valence-corrected chi connectivity index (χ3v) is 2.43. The van der Waals surface area contributed by atoms with Gasteiger partial charge in [-0.1, -0.05) is 13.3 Å². The first-order valence-electron chi connectivity index (χ1n) is 4.57. The van der Waals surface area contributed by atoms with Gasteiger partial charge in [-0.3, -0.25) is 4.79 Å². The molecule has 0 saturated carbocycles. The van der Waals surface area contributed by atoms with Crippen LogP contribution in [0.5, 0.6) is 0 Å². The number of aromatic nitrogens is 1. The minimum Gasteiger partial charge on any atom is -0.480 e. The molecule has 2 N–H and O–H groups in total. The molecule has 1 heterocycles. The second-order valence-corrected chi connectivity index (χ2v) is 3.75. The van der Waals surface area contributed by atoms with Crippen molar-refractivity contribution in [1.29, 1.82) is 0 Å². The van der Waals surface area contributed by atoms with E-state index in [4.69, 9.17) is 5.11 Å². The zero-order valence-corrected chi connectivity index (χ0v) is 9.08. The van der Waals surface area contributed by atoms with E-state index >= 15 is 0 Å². The van der Waals surface area contributed by atoms with E-state index < -0.39 is 17.9 Å². The normalized spacial score (nSPS) is 12.1. The zero-order valence-electron chi connectivity index (χ0n) is 8.27. The predicted octanol–water partition coefficient (Wildman–Crippen LogP) is 1.13. The Morgan fingerprint density at radius 3 is 2.87 bits per heavy atom. The van der Waals surface area contributed by atoms with Crippen LogP contribution in [0.3, 0.4) is 0 Å². The standard InChI is InChI=1S/C9H12N2O3S/c1-2-3-6(9(13)14)11-8(12)7-4-15-5-10-7/h4-6H,2-3H2,1H3,(H,11,12)(H,13,14)/t6-/m1/s1. The number of nitrogens with zero attached hydrogens (tertiary/aromatic N) is 1. The van der Waals surface area contributed by atoms with Crippen LogP contribution in [0.1, 0.15) is 30.3 Å². The fraction of sp³-hybridized carbons (Fsp3) is 0.444. The van der Waals surface area contributed by atoms with Gasteiger partial charge in [0.05, 0.1) is 5.51 Å². The Hall–Kier alpha value is -1.43. The smallest absolute Gasteiger partial charge is 0.326 e. The highest BCUT2D eigenvalue weighted by Crippen LogP contribution is 2.03. The summed E-state index contributed by atoms with van der Waals surface area (Å²) in [7, 11) is 0. The molecule has 0 aliphatic rings. The summed E-state index contributed by atoms with van der Waals surface area (Å²) in [5, 5.41) is 12.8. The van der Waals surface area contributed by atoms with Crippen molar-refractivity contribution in [2.75, 3.05) is 0 Å². The molecule has 1 atom stereocenters. The molecule has 0 aliphatic carbocycles. The van der Waals surface area contributed by atoms with Gasteiger partial charge in [-0.15, -0.1) is 11.3 Å². The van der Waals surface area contributed by atoms with Crippen LogP contribution in [0.25, 0.3) is 0 Å². The van der Waals surface area contributed by atoms with E-state index in [1.165, 1.54) is 16.8 Å². The van der Waals surface area contributed by atoms with Gasteiger partial charge in [0.15, 0.2) is 0 Å². The minimum atomic E-state index is -1.01. The molecule has 0 bridgehead atoms. The molecule has 5 nitrogen and oxygen atoms in total. The molecular weight excluding hydrogens is 216 g/mol. The second kappa shape index (κ2) is 5.45. The summed E-state index contributed by atoms with van der Waals surface area (Å²) < 4.78 is 0. The van der Waals surface area contributed by atoms with E-state index in [0.717, 1.165) is 0 Å². The summed E-state index contributed by atoms with van der Waals surface area (Å²) >= 11 is 1.30. The molecule has 0 fully saturated rings. The Bertz CT molecular complexity index is 337. The van der Waals surface area contributed by atoms with Gasteiger partial charge >= 0.3 is 5.97 Å². The molecule has 0 saturated heterocycles. The van der Waals surface area contributed by atoms with Gasteiger partial charge in [-0.05, 0) is 6.42 Å². The Kier molecular flexibility index (Phi) is 4.23. The van der Waals surface area contributed by atoms with E-state index in [-0.39, 0.29) is 5.69 Å². The fourth-order valence-electron chi connectivity index (χ4n) is 1.10. The third-order valence-electron chi connectivity index (χ3n) is 1.85. The first-order chi connectivity index (χ1) is 7.15. The van der Waals surface area contributed by atoms with Gasteiger partial charge in [0.2, 0.25) is 0 Å². The average Bonchev–Trinajstić information content (AvgIpc) is 2.69. The summed E-state index contributed by atoms with van der Waals surface area (Å²) in [5.74, 6) is -1.45. The number of rotatable bonds is 5. The van der Waals surface area contributed by atoms with Crippen molar-refractivity contribution in [3.05, 3.63) is 16.6 Å². The molecule has 1 rings (SSSR count). The van der Waals surface area contributed by atoms with Gasteiger partial charge in [0, 0.05) is 5.38 Å². The fourth-order valence-corrected chi connectivity index (χ4v) is 1.63. The van der Waals surface area contributed by atoms with E-state index in [1.807, 2.05) is 6.92 Å². The molecule has 1 aromatic heterocycles. The Morgan fingerprint density at radius 2 is 2.40 bits per heavy atom. The van der Waals surface area contributed by atoms with Gasteiger partial charge in [-0.25, -0.2) is 9.78 Å². The molecule has 6 heteroatoms. The maximum Gasteiger partial charge on any atom is 0.326 e. The maximum absolute atomic E-state index is 11.5. The highest BCUT2D eigenvalue weighted by Gasteiger charge is 2.20. The quantitative estimate of drug-likeness (QED) is 0.791. The van der Waals surface area contributed by atoms with Crippen LogP contribution < -0.4 is 5.32 Å². The van der Waals surface area contributed by atoms with Crippen molar-refractivity contribution >= 4 is 23.2 Å². The van der Waals surface area contributed by atoms with Gasteiger partial charge in [0.1, 0.15) is 11.7 Å². The number of carboxylic acid groups (broad SMARTS) is 1. The first kappa shape index (κ1) is 11.6. The number of carbonyl (C=O) groups excluding carboxylic acids is 1. The molecule has 0 radical (unpaired) electrons. The number of thiazole rings is 1. The maximum atomic E-state index is 11.5. The molecule has 0 unspecified atom stereocenters. The van der Waals surface area contributed by atoms with Crippen LogP contribution in [-0.2, 0) is 4.79 Å². The van der Waals surface area contributed by atoms with Crippen LogP contribution in [-0.4, -0.2) is 28.0 Å². The van der Waals surface area contributed by atoms with Gasteiger partial charge in [-0.2, -0.15) is 0 Å². The number of amides is 1. The molecule has 15 heavy (non-hydrogen) atoms. The molecule has 0 aliphatic heterocycles. The Morgan fingerprint density at radius 1 is 1.67 bits per heavy atom. The lowest BCUT2D eigenvalue weighted by atomic mass is 10.1. The van der Waals surface area contributed by atoms with Crippen molar-refractivity contribution in [3.8, 4) is 0 Å². The lowest BCUT2D eigenvalue weighted by Crippen LogP contribution is -2.40. The minimum absolute atomic E-state index is 0.266. The number of carbonyl (C=O) groups is 2. The van der Waals surface area contributed by atoms with Crippen LogP contribution in [0.4, 0.5) is 0 Å². The largest absolute Gasteiger partial charge is 0.480 e. The monoisotopic (exact) mass is 228 g/mol. The van der Waals surface area contributed by atoms with Crippen LogP contribution in [0, 0.1) is 0 Å². The van der Waals surface area contributed by atoms with Crippen molar-refractivity contribution in [3.63, 3.8) is 0 Å². The lowest BCUT2D eigenvalue weighted by molar-refractivity contribution is -0.139. The number of carboxylic acids is 1. The predicted molar refractivity (Wildman–Crippen MR) is 55.9 cm³/mol. The summed E-state index contributed by atoms with van der Waals surface area (Å²) in [6.07, 6.45) is 1.12. The van der Waals surface area contributed by atoms with Gasteiger partial charge < -0.3 is 10.4 Å². The van der Waals surface area contributed by atoms with E-state index in [9.17, 15) is 9.59 Å². The molecule has 82 valence electrons. The summed E-state index contributed by atoms with van der Waals surface area (Å²) in [6, 6.07) is -0.829. The SMILES string of the molecule is CCC[C@@H](NC(=O)c1cscn1)C(=O)O. The molecule has 1 aromatic rings. The van der Waals surface area contributed by atoms with Crippen molar-refractivity contribution in [1.82, 2.24) is 10.3 Å². The number of hydrogen-bond acceptors (Lipinski definition) is 4. The highest BCUT2D eigenvalue weighted by molar-refractivity contribution is 7.07. The van der Waals surface area contributed by atoms with E-state index in [0.29, 0.717) is 12.8 Å². The topological polar surface area (TPSA) is 79.3 Å². The third kappa shape index (κ3) is 3.32. The van der Waals surface area contributed by atoms with E-state index in [1.54, 1.807) is 5.38 Å². The van der Waals surface area contributed by atoms with Crippen LogP contribution in [0.15, 0.2) is 10.9 Å². The van der Waals surface area contributed by atoms with Crippen LogP contribution >= 0.6 is 11.3 Å². The lowest BCUT2D eigenvalue weighted by Gasteiger charge is -2.12. The summed E-state index contributed by atoms with van der Waals surface area (Å²) in [5.41, 5.74) is 1.80. The number of nitrogens with one attached hydrogen (secondary N) is 1. The average molecular weight is 228 g/mol. The molecular formula is C9H12N2O3S. The van der Waals surface area contributed by atoms with Crippen LogP contribution in [0.2, 0.25) is 0 Å². The summed E-state index contributed by atoms with van der Waals surface area (Å²) in [4.78, 5) is 26.0. The molecule has 0 spiro atoms.